The minimum absolute atomic E-state index is 0.0362. The van der Waals surface area contributed by atoms with Crippen LogP contribution in [0.1, 0.15) is 41.8 Å². The first kappa shape index (κ1) is 18.5. The van der Waals surface area contributed by atoms with Gasteiger partial charge < -0.3 is 15.1 Å². The van der Waals surface area contributed by atoms with Crippen molar-refractivity contribution in [2.45, 2.75) is 32.1 Å². The van der Waals surface area contributed by atoms with Crippen LogP contribution in [0.5, 0.6) is 0 Å². The van der Waals surface area contributed by atoms with E-state index >= 15 is 0 Å². The highest BCUT2D eigenvalue weighted by molar-refractivity contribution is 7.12. The van der Waals surface area contributed by atoms with Gasteiger partial charge in [0.25, 0.3) is 5.91 Å². The fourth-order valence-corrected chi connectivity index (χ4v) is 4.71. The lowest BCUT2D eigenvalue weighted by atomic mass is 9.96. The molecule has 3 amide bonds. The van der Waals surface area contributed by atoms with Crippen LogP contribution in [0.15, 0.2) is 17.5 Å². The number of likely N-dealkylation sites (tertiary alicyclic amines) is 2. The van der Waals surface area contributed by atoms with Gasteiger partial charge in [-0.15, -0.1) is 11.3 Å². The van der Waals surface area contributed by atoms with Crippen LogP contribution in [0.2, 0.25) is 0 Å². The van der Waals surface area contributed by atoms with E-state index in [2.05, 4.69) is 5.32 Å². The van der Waals surface area contributed by atoms with E-state index in [0.717, 1.165) is 37.4 Å². The number of nitrogens with zero attached hydrogens (tertiary/aromatic N) is 2. The van der Waals surface area contributed by atoms with Crippen molar-refractivity contribution < 1.29 is 14.4 Å². The molecule has 0 bridgehead atoms. The molecular formula is C20H27N3O3S. The number of thiophene rings is 1. The first-order valence-corrected chi connectivity index (χ1v) is 10.9. The van der Waals surface area contributed by atoms with E-state index in [0.29, 0.717) is 31.3 Å². The Morgan fingerprint density at radius 1 is 1.15 bits per heavy atom. The summed E-state index contributed by atoms with van der Waals surface area (Å²) in [5.41, 5.74) is 0. The number of carbonyl (C=O) groups excluding carboxylic acids is 3. The van der Waals surface area contributed by atoms with Crippen molar-refractivity contribution in [1.82, 2.24) is 15.1 Å². The second kappa shape index (κ2) is 8.00. The van der Waals surface area contributed by atoms with Gasteiger partial charge in [-0.05, 0) is 49.0 Å². The molecule has 1 atom stereocenters. The molecule has 27 heavy (non-hydrogen) atoms. The van der Waals surface area contributed by atoms with Crippen LogP contribution in [0.25, 0.3) is 0 Å². The van der Waals surface area contributed by atoms with Crippen LogP contribution in [0, 0.1) is 17.8 Å². The van der Waals surface area contributed by atoms with Crippen molar-refractivity contribution in [3.8, 4) is 0 Å². The zero-order chi connectivity index (χ0) is 18.8. The van der Waals surface area contributed by atoms with Crippen molar-refractivity contribution in [3.63, 3.8) is 0 Å². The first-order valence-electron chi connectivity index (χ1n) is 9.98. The SMILES string of the molecule is O=C(NCC1CC1)C1CC(=O)N(CC2CCN(C(=O)c3cccs3)CC2)C1. The Morgan fingerprint density at radius 3 is 2.59 bits per heavy atom. The maximum Gasteiger partial charge on any atom is 0.263 e. The van der Waals surface area contributed by atoms with Crippen molar-refractivity contribution in [2.24, 2.45) is 17.8 Å². The highest BCUT2D eigenvalue weighted by Crippen LogP contribution is 2.28. The van der Waals surface area contributed by atoms with Crippen LogP contribution < -0.4 is 5.32 Å². The largest absolute Gasteiger partial charge is 0.356 e. The summed E-state index contributed by atoms with van der Waals surface area (Å²) in [4.78, 5) is 41.6. The second-order valence-corrected chi connectivity index (χ2v) is 9.05. The van der Waals surface area contributed by atoms with Gasteiger partial charge in [0.2, 0.25) is 11.8 Å². The summed E-state index contributed by atoms with van der Waals surface area (Å²) in [6.45, 7) is 3.51. The number of hydrogen-bond acceptors (Lipinski definition) is 4. The van der Waals surface area contributed by atoms with Crippen LogP contribution in [0.4, 0.5) is 0 Å². The average molecular weight is 390 g/mol. The van der Waals surface area contributed by atoms with E-state index in [1.165, 1.54) is 24.2 Å². The summed E-state index contributed by atoms with van der Waals surface area (Å²) in [6, 6.07) is 3.78. The molecule has 6 nitrogen and oxygen atoms in total. The summed E-state index contributed by atoms with van der Waals surface area (Å²) in [6.07, 6.45) is 4.60. The minimum atomic E-state index is -0.197. The summed E-state index contributed by atoms with van der Waals surface area (Å²) in [5.74, 6) is 1.12. The van der Waals surface area contributed by atoms with Crippen molar-refractivity contribution in [1.29, 1.82) is 0 Å². The summed E-state index contributed by atoms with van der Waals surface area (Å²) < 4.78 is 0. The van der Waals surface area contributed by atoms with E-state index < -0.39 is 0 Å². The van der Waals surface area contributed by atoms with E-state index in [-0.39, 0.29) is 23.6 Å². The molecule has 4 rings (SSSR count). The van der Waals surface area contributed by atoms with Crippen LogP contribution in [-0.4, -0.2) is 60.2 Å². The number of nitrogens with one attached hydrogen (secondary N) is 1. The zero-order valence-corrected chi connectivity index (χ0v) is 16.4. The Balaban J connectivity index is 1.22. The van der Waals surface area contributed by atoms with E-state index in [1.807, 2.05) is 27.3 Å². The molecule has 2 saturated heterocycles. The standard InChI is InChI=1S/C20H27N3O3S/c24-18-10-16(19(25)21-11-14-3-4-14)13-23(18)12-15-5-7-22(8-6-15)20(26)17-2-1-9-27-17/h1-2,9,14-16H,3-8,10-13H2,(H,21,25). The Hall–Kier alpha value is -1.89. The molecule has 7 heteroatoms. The molecule has 0 aromatic carbocycles. The van der Waals surface area contributed by atoms with Gasteiger partial charge in [0, 0.05) is 39.1 Å². The molecule has 3 fully saturated rings. The third-order valence-electron chi connectivity index (χ3n) is 5.96. The fraction of sp³-hybridized carbons (Fsp3) is 0.650. The first-order chi connectivity index (χ1) is 13.1. The average Bonchev–Trinajstić information content (AvgIpc) is 3.20. The topological polar surface area (TPSA) is 69.7 Å². The molecule has 0 spiro atoms. The molecular weight excluding hydrogens is 362 g/mol. The van der Waals surface area contributed by atoms with Gasteiger partial charge in [0.15, 0.2) is 0 Å². The van der Waals surface area contributed by atoms with Crippen molar-refractivity contribution in [2.75, 3.05) is 32.7 Å². The number of carbonyl (C=O) groups is 3. The highest BCUT2D eigenvalue weighted by Gasteiger charge is 2.36. The van der Waals surface area contributed by atoms with E-state index in [1.54, 1.807) is 0 Å². The number of rotatable bonds is 6. The molecule has 1 unspecified atom stereocenters. The number of piperidine rings is 1. The quantitative estimate of drug-likeness (QED) is 0.809. The van der Waals surface area contributed by atoms with Crippen molar-refractivity contribution >= 4 is 29.1 Å². The molecule has 1 aromatic heterocycles. The Morgan fingerprint density at radius 2 is 1.93 bits per heavy atom. The monoisotopic (exact) mass is 389 g/mol. The maximum atomic E-state index is 12.4. The Labute approximate surface area is 163 Å². The molecule has 1 N–H and O–H groups in total. The molecule has 1 aliphatic carbocycles. The second-order valence-electron chi connectivity index (χ2n) is 8.10. The molecule has 146 valence electrons. The summed E-state index contributed by atoms with van der Waals surface area (Å²) in [7, 11) is 0. The van der Waals surface area contributed by atoms with Crippen LogP contribution in [-0.2, 0) is 9.59 Å². The number of amides is 3. The van der Waals surface area contributed by atoms with Gasteiger partial charge in [-0.2, -0.15) is 0 Å². The lowest BCUT2D eigenvalue weighted by Crippen LogP contribution is -2.42. The van der Waals surface area contributed by atoms with Gasteiger partial charge >= 0.3 is 0 Å². The van der Waals surface area contributed by atoms with Gasteiger partial charge in [-0.25, -0.2) is 0 Å². The number of hydrogen-bond donors (Lipinski definition) is 1. The predicted molar refractivity (Wildman–Crippen MR) is 103 cm³/mol. The molecule has 2 aliphatic heterocycles. The molecule has 3 heterocycles. The molecule has 1 saturated carbocycles. The third kappa shape index (κ3) is 4.51. The van der Waals surface area contributed by atoms with Crippen molar-refractivity contribution in [3.05, 3.63) is 22.4 Å². The van der Waals surface area contributed by atoms with E-state index in [9.17, 15) is 14.4 Å². The lowest BCUT2D eigenvalue weighted by molar-refractivity contribution is -0.129. The lowest BCUT2D eigenvalue weighted by Gasteiger charge is -2.33. The van der Waals surface area contributed by atoms with E-state index in [4.69, 9.17) is 0 Å². The Bertz CT molecular complexity index is 693. The predicted octanol–water partition coefficient (Wildman–Crippen LogP) is 1.98. The van der Waals surface area contributed by atoms with Gasteiger partial charge in [0.05, 0.1) is 10.8 Å². The normalized spacial score (nSPS) is 23.7. The maximum absolute atomic E-state index is 12.4. The van der Waals surface area contributed by atoms with Gasteiger partial charge in [0.1, 0.15) is 0 Å². The van der Waals surface area contributed by atoms with Gasteiger partial charge in [-0.3, -0.25) is 14.4 Å². The smallest absolute Gasteiger partial charge is 0.263 e. The summed E-state index contributed by atoms with van der Waals surface area (Å²) in [5, 5.41) is 4.93. The highest BCUT2D eigenvalue weighted by atomic mass is 32.1. The zero-order valence-electron chi connectivity index (χ0n) is 15.6. The molecule has 1 aromatic rings. The molecule has 3 aliphatic rings. The minimum Gasteiger partial charge on any atom is -0.356 e. The molecule has 0 radical (unpaired) electrons. The van der Waals surface area contributed by atoms with Gasteiger partial charge in [-0.1, -0.05) is 6.07 Å². The third-order valence-corrected chi connectivity index (χ3v) is 6.82. The fourth-order valence-electron chi connectivity index (χ4n) is 4.02. The Kier molecular flexibility index (Phi) is 5.48. The van der Waals surface area contributed by atoms with Crippen LogP contribution >= 0.6 is 11.3 Å². The van der Waals surface area contributed by atoms with Crippen LogP contribution in [0.3, 0.4) is 0 Å². The summed E-state index contributed by atoms with van der Waals surface area (Å²) >= 11 is 1.48.